The minimum Gasteiger partial charge on any atom is -0.360 e. The summed E-state index contributed by atoms with van der Waals surface area (Å²) in [6, 6.07) is 2.11. The highest BCUT2D eigenvalue weighted by Gasteiger charge is 2.32. The van der Waals surface area contributed by atoms with E-state index < -0.39 is 0 Å². The number of hydrogen-bond donors (Lipinski definition) is 2. The molecule has 2 amide bonds. The monoisotopic (exact) mass is 291 g/mol. The summed E-state index contributed by atoms with van der Waals surface area (Å²) < 4.78 is 4.93. The summed E-state index contributed by atoms with van der Waals surface area (Å²) in [5.74, 6) is 1.32. The third-order valence-corrected chi connectivity index (χ3v) is 4.27. The molecule has 0 aromatic carbocycles. The van der Waals surface area contributed by atoms with Crippen molar-refractivity contribution in [3.8, 4) is 0 Å². The van der Waals surface area contributed by atoms with Gasteiger partial charge in [-0.15, -0.1) is 0 Å². The van der Waals surface area contributed by atoms with Crippen molar-refractivity contribution in [3.05, 3.63) is 11.8 Å². The Hall–Kier alpha value is -1.85. The van der Waals surface area contributed by atoms with Crippen molar-refractivity contribution in [2.45, 2.75) is 51.5 Å². The molecule has 0 unspecified atom stereocenters. The first-order valence-corrected chi connectivity index (χ1v) is 7.66. The van der Waals surface area contributed by atoms with Crippen LogP contribution in [0.4, 0.5) is 5.82 Å². The van der Waals surface area contributed by atoms with Crippen molar-refractivity contribution >= 4 is 17.6 Å². The van der Waals surface area contributed by atoms with Crippen LogP contribution in [0.1, 0.15) is 44.3 Å². The van der Waals surface area contributed by atoms with Crippen LogP contribution >= 0.6 is 0 Å². The quantitative estimate of drug-likeness (QED) is 0.888. The SMILES string of the molecule is Cc1cc(NC(=O)C2CCC(C(=O)NC3CC3)CC2)no1. The number of carbonyl (C=O) groups is 2. The molecule has 0 bridgehead atoms. The van der Waals surface area contributed by atoms with E-state index in [2.05, 4.69) is 15.8 Å². The van der Waals surface area contributed by atoms with Gasteiger partial charge in [0, 0.05) is 23.9 Å². The predicted molar refractivity (Wildman–Crippen MR) is 76.5 cm³/mol. The first-order chi connectivity index (χ1) is 10.1. The number of carbonyl (C=O) groups excluding carboxylic acids is 2. The van der Waals surface area contributed by atoms with E-state index in [-0.39, 0.29) is 23.7 Å². The Bertz CT molecular complexity index is 528. The van der Waals surface area contributed by atoms with Gasteiger partial charge in [0.15, 0.2) is 5.82 Å². The maximum Gasteiger partial charge on any atom is 0.228 e. The van der Waals surface area contributed by atoms with Gasteiger partial charge in [-0.3, -0.25) is 9.59 Å². The second-order valence-corrected chi connectivity index (χ2v) is 6.14. The minimum absolute atomic E-state index is 0.0237. The van der Waals surface area contributed by atoms with Gasteiger partial charge in [-0.2, -0.15) is 0 Å². The number of anilines is 1. The molecule has 21 heavy (non-hydrogen) atoms. The fraction of sp³-hybridized carbons (Fsp3) is 0.667. The molecule has 2 aliphatic carbocycles. The van der Waals surface area contributed by atoms with E-state index >= 15 is 0 Å². The van der Waals surface area contributed by atoms with Crippen LogP contribution in [0.5, 0.6) is 0 Å². The number of hydrogen-bond acceptors (Lipinski definition) is 4. The van der Waals surface area contributed by atoms with Crippen LogP contribution < -0.4 is 10.6 Å². The number of nitrogens with zero attached hydrogens (tertiary/aromatic N) is 1. The van der Waals surface area contributed by atoms with Crippen molar-refractivity contribution in [2.75, 3.05) is 5.32 Å². The van der Waals surface area contributed by atoms with Gasteiger partial charge in [0.2, 0.25) is 11.8 Å². The summed E-state index contributed by atoms with van der Waals surface area (Å²) in [5.41, 5.74) is 0. The van der Waals surface area contributed by atoms with Crippen LogP contribution in [0.3, 0.4) is 0 Å². The van der Waals surface area contributed by atoms with E-state index in [0.717, 1.165) is 38.5 Å². The van der Waals surface area contributed by atoms with E-state index in [1.807, 2.05) is 0 Å². The second-order valence-electron chi connectivity index (χ2n) is 6.14. The topological polar surface area (TPSA) is 84.2 Å². The highest BCUT2D eigenvalue weighted by atomic mass is 16.5. The van der Waals surface area contributed by atoms with Crippen molar-refractivity contribution in [1.29, 1.82) is 0 Å². The highest BCUT2D eigenvalue weighted by molar-refractivity contribution is 5.91. The zero-order chi connectivity index (χ0) is 14.8. The Morgan fingerprint density at radius 1 is 1.10 bits per heavy atom. The molecule has 1 aromatic rings. The van der Waals surface area contributed by atoms with Gasteiger partial charge in [0.25, 0.3) is 0 Å². The maximum absolute atomic E-state index is 12.1. The van der Waals surface area contributed by atoms with Crippen molar-refractivity contribution in [2.24, 2.45) is 11.8 Å². The van der Waals surface area contributed by atoms with E-state index in [0.29, 0.717) is 17.6 Å². The zero-order valence-electron chi connectivity index (χ0n) is 12.2. The average Bonchev–Trinajstić information content (AvgIpc) is 3.20. The lowest BCUT2D eigenvalue weighted by Gasteiger charge is -2.26. The lowest BCUT2D eigenvalue weighted by molar-refractivity contribution is -0.128. The minimum atomic E-state index is -0.0352. The van der Waals surface area contributed by atoms with Crippen LogP contribution in [-0.4, -0.2) is 23.0 Å². The summed E-state index contributed by atoms with van der Waals surface area (Å²) >= 11 is 0. The Kier molecular flexibility index (Phi) is 3.94. The molecule has 2 saturated carbocycles. The summed E-state index contributed by atoms with van der Waals surface area (Å²) in [6.07, 6.45) is 5.31. The molecule has 3 rings (SSSR count). The third kappa shape index (κ3) is 3.62. The van der Waals surface area contributed by atoms with Gasteiger partial charge in [-0.1, -0.05) is 5.16 Å². The molecule has 2 N–H and O–H groups in total. The molecular formula is C15H21N3O3. The van der Waals surface area contributed by atoms with Gasteiger partial charge < -0.3 is 15.2 Å². The Morgan fingerprint density at radius 2 is 1.71 bits per heavy atom. The fourth-order valence-corrected chi connectivity index (χ4v) is 2.82. The summed E-state index contributed by atoms with van der Waals surface area (Å²) in [7, 11) is 0. The molecular weight excluding hydrogens is 270 g/mol. The Labute approximate surface area is 123 Å². The average molecular weight is 291 g/mol. The Balaban J connectivity index is 1.46. The Morgan fingerprint density at radius 3 is 2.24 bits per heavy atom. The van der Waals surface area contributed by atoms with Gasteiger partial charge >= 0.3 is 0 Å². The van der Waals surface area contributed by atoms with Gasteiger partial charge in [-0.05, 0) is 45.4 Å². The summed E-state index contributed by atoms with van der Waals surface area (Å²) in [5, 5.41) is 9.59. The predicted octanol–water partition coefficient (Wildman–Crippen LogP) is 2.01. The number of nitrogens with one attached hydrogen (secondary N) is 2. The largest absolute Gasteiger partial charge is 0.360 e. The smallest absolute Gasteiger partial charge is 0.228 e. The number of rotatable bonds is 4. The third-order valence-electron chi connectivity index (χ3n) is 4.27. The second kappa shape index (κ2) is 5.87. The van der Waals surface area contributed by atoms with E-state index in [9.17, 15) is 9.59 Å². The molecule has 6 heteroatoms. The molecule has 0 atom stereocenters. The van der Waals surface area contributed by atoms with Gasteiger partial charge in [-0.25, -0.2) is 0 Å². The van der Waals surface area contributed by atoms with E-state index in [1.54, 1.807) is 13.0 Å². The van der Waals surface area contributed by atoms with Crippen LogP contribution in [-0.2, 0) is 9.59 Å². The summed E-state index contributed by atoms with van der Waals surface area (Å²) in [4.78, 5) is 24.1. The van der Waals surface area contributed by atoms with Crippen LogP contribution in [0.2, 0.25) is 0 Å². The molecule has 0 aliphatic heterocycles. The molecule has 1 aromatic heterocycles. The molecule has 0 spiro atoms. The van der Waals surface area contributed by atoms with E-state index in [1.165, 1.54) is 0 Å². The molecule has 1 heterocycles. The fourth-order valence-electron chi connectivity index (χ4n) is 2.82. The normalized spacial score (nSPS) is 25.4. The first kappa shape index (κ1) is 14.1. The van der Waals surface area contributed by atoms with Crippen LogP contribution in [0, 0.1) is 18.8 Å². The first-order valence-electron chi connectivity index (χ1n) is 7.66. The van der Waals surface area contributed by atoms with Gasteiger partial charge in [0.1, 0.15) is 5.76 Å². The zero-order valence-corrected chi connectivity index (χ0v) is 12.2. The number of amides is 2. The standard InChI is InChI=1S/C15H21N3O3/c1-9-8-13(18-21-9)17-15(20)11-4-2-10(3-5-11)14(19)16-12-6-7-12/h8,10-12H,2-7H2,1H3,(H,16,19)(H,17,18,20). The van der Waals surface area contributed by atoms with Crippen molar-refractivity contribution in [1.82, 2.24) is 10.5 Å². The van der Waals surface area contributed by atoms with Crippen molar-refractivity contribution in [3.63, 3.8) is 0 Å². The molecule has 0 radical (unpaired) electrons. The van der Waals surface area contributed by atoms with Gasteiger partial charge in [0.05, 0.1) is 0 Å². The number of aryl methyl sites for hydroxylation is 1. The molecule has 0 saturated heterocycles. The number of aromatic nitrogens is 1. The lowest BCUT2D eigenvalue weighted by Crippen LogP contribution is -2.36. The molecule has 114 valence electrons. The van der Waals surface area contributed by atoms with Crippen molar-refractivity contribution < 1.29 is 14.1 Å². The summed E-state index contributed by atoms with van der Waals surface area (Å²) in [6.45, 7) is 1.78. The maximum atomic E-state index is 12.1. The lowest BCUT2D eigenvalue weighted by atomic mass is 9.81. The molecule has 2 aliphatic rings. The van der Waals surface area contributed by atoms with Crippen LogP contribution in [0.15, 0.2) is 10.6 Å². The molecule has 2 fully saturated rings. The van der Waals surface area contributed by atoms with E-state index in [4.69, 9.17) is 4.52 Å². The molecule has 6 nitrogen and oxygen atoms in total. The van der Waals surface area contributed by atoms with Crippen LogP contribution in [0.25, 0.3) is 0 Å². The highest BCUT2D eigenvalue weighted by Crippen LogP contribution is 2.30.